The van der Waals surface area contributed by atoms with Gasteiger partial charge in [0.2, 0.25) is 0 Å². The van der Waals surface area contributed by atoms with Crippen LogP contribution in [0.4, 0.5) is 5.69 Å². The summed E-state index contributed by atoms with van der Waals surface area (Å²) in [7, 11) is 0. The molecule has 0 aliphatic heterocycles. The summed E-state index contributed by atoms with van der Waals surface area (Å²) in [6.45, 7) is 2.45. The van der Waals surface area contributed by atoms with Crippen LogP contribution in [-0.4, -0.2) is 6.61 Å². The van der Waals surface area contributed by atoms with Crippen LogP contribution < -0.4 is 15.2 Å². The summed E-state index contributed by atoms with van der Waals surface area (Å²) in [5, 5.41) is 8.89. The number of nitrogens with zero attached hydrogens (tertiary/aromatic N) is 1. The molecule has 0 aromatic heterocycles. The highest BCUT2D eigenvalue weighted by Crippen LogP contribution is 2.34. The molecule has 2 aromatic rings. The van der Waals surface area contributed by atoms with Crippen molar-refractivity contribution in [3.8, 4) is 23.3 Å². The van der Waals surface area contributed by atoms with Crippen LogP contribution in [0.5, 0.6) is 17.2 Å². The lowest BCUT2D eigenvalue weighted by Gasteiger charge is -2.12. The van der Waals surface area contributed by atoms with Gasteiger partial charge in [-0.25, -0.2) is 0 Å². The van der Waals surface area contributed by atoms with E-state index in [-0.39, 0.29) is 0 Å². The van der Waals surface area contributed by atoms with Crippen molar-refractivity contribution in [2.45, 2.75) is 6.92 Å². The van der Waals surface area contributed by atoms with E-state index in [1.807, 2.05) is 25.1 Å². The number of anilines is 1. The minimum atomic E-state index is 0.450. The van der Waals surface area contributed by atoms with E-state index >= 15 is 0 Å². The zero-order chi connectivity index (χ0) is 13.7. The van der Waals surface area contributed by atoms with Gasteiger partial charge in [-0.05, 0) is 31.2 Å². The Balaban J connectivity index is 2.33. The molecule has 0 heterocycles. The van der Waals surface area contributed by atoms with Crippen LogP contribution in [0.2, 0.25) is 0 Å². The molecule has 0 aliphatic rings. The van der Waals surface area contributed by atoms with Gasteiger partial charge in [0, 0.05) is 6.07 Å². The summed E-state index contributed by atoms with van der Waals surface area (Å²) in [5.74, 6) is 1.67. The maximum Gasteiger partial charge on any atom is 0.169 e. The van der Waals surface area contributed by atoms with Crippen LogP contribution in [0.1, 0.15) is 12.5 Å². The van der Waals surface area contributed by atoms with Gasteiger partial charge in [0.25, 0.3) is 0 Å². The van der Waals surface area contributed by atoms with Crippen LogP contribution >= 0.6 is 0 Å². The Bertz CT molecular complexity index is 618. The van der Waals surface area contributed by atoms with Gasteiger partial charge >= 0.3 is 0 Å². The first kappa shape index (κ1) is 12.8. The van der Waals surface area contributed by atoms with Gasteiger partial charge < -0.3 is 15.2 Å². The Morgan fingerprint density at radius 2 is 1.84 bits per heavy atom. The van der Waals surface area contributed by atoms with Crippen LogP contribution in [0.15, 0.2) is 42.5 Å². The Morgan fingerprint density at radius 1 is 1.11 bits per heavy atom. The van der Waals surface area contributed by atoms with Crippen LogP contribution in [0, 0.1) is 11.3 Å². The highest BCUT2D eigenvalue weighted by Gasteiger charge is 2.08. The topological polar surface area (TPSA) is 68.3 Å². The molecule has 0 bridgehead atoms. The van der Waals surface area contributed by atoms with E-state index in [4.69, 9.17) is 20.5 Å². The fourth-order valence-electron chi connectivity index (χ4n) is 1.62. The Morgan fingerprint density at radius 3 is 2.53 bits per heavy atom. The molecule has 0 aliphatic carbocycles. The smallest absolute Gasteiger partial charge is 0.169 e. The van der Waals surface area contributed by atoms with Gasteiger partial charge in [-0.1, -0.05) is 12.1 Å². The van der Waals surface area contributed by atoms with E-state index in [9.17, 15) is 0 Å². The molecule has 96 valence electrons. The lowest BCUT2D eigenvalue weighted by molar-refractivity contribution is 0.321. The lowest BCUT2D eigenvalue weighted by atomic mass is 10.2. The first-order valence-electron chi connectivity index (χ1n) is 5.94. The van der Waals surface area contributed by atoms with E-state index in [1.165, 1.54) is 0 Å². The fourth-order valence-corrected chi connectivity index (χ4v) is 1.62. The quantitative estimate of drug-likeness (QED) is 0.850. The average Bonchev–Trinajstić information content (AvgIpc) is 2.43. The van der Waals surface area contributed by atoms with E-state index in [2.05, 4.69) is 6.07 Å². The normalized spacial score (nSPS) is 9.68. The Kier molecular flexibility index (Phi) is 3.89. The number of nitrogen functional groups attached to an aromatic ring is 1. The summed E-state index contributed by atoms with van der Waals surface area (Å²) in [6, 6.07) is 14.3. The van der Waals surface area contributed by atoms with E-state index < -0.39 is 0 Å². The molecule has 0 atom stereocenters. The second kappa shape index (κ2) is 5.78. The molecule has 0 saturated heterocycles. The molecule has 4 heteroatoms. The average molecular weight is 254 g/mol. The molecule has 0 amide bonds. The molecule has 2 rings (SSSR count). The minimum Gasteiger partial charge on any atom is -0.490 e. The summed E-state index contributed by atoms with van der Waals surface area (Å²) in [6.07, 6.45) is 0. The molecule has 0 saturated carbocycles. The van der Waals surface area contributed by atoms with Crippen molar-refractivity contribution in [2.75, 3.05) is 12.3 Å². The predicted molar refractivity (Wildman–Crippen MR) is 73.3 cm³/mol. The zero-order valence-electron chi connectivity index (χ0n) is 10.6. The number of nitriles is 1. The van der Waals surface area contributed by atoms with Crippen molar-refractivity contribution in [1.29, 1.82) is 5.26 Å². The van der Waals surface area contributed by atoms with Gasteiger partial charge in [0.1, 0.15) is 0 Å². The number of ether oxygens (including phenoxy) is 2. The van der Waals surface area contributed by atoms with Gasteiger partial charge in [-0.15, -0.1) is 0 Å². The van der Waals surface area contributed by atoms with E-state index in [1.54, 1.807) is 24.3 Å². The summed E-state index contributed by atoms with van der Waals surface area (Å²) < 4.78 is 11.2. The molecule has 0 fully saturated rings. The monoisotopic (exact) mass is 254 g/mol. The standard InChI is InChI=1S/C15H14N2O2/c1-2-18-13-5-3-4-6-14(13)19-15-9-11(10-16)7-8-12(15)17/h3-9H,2,17H2,1H3. The molecule has 0 radical (unpaired) electrons. The third-order valence-corrected chi connectivity index (χ3v) is 2.51. The van der Waals surface area contributed by atoms with Crippen molar-refractivity contribution in [2.24, 2.45) is 0 Å². The van der Waals surface area contributed by atoms with Gasteiger partial charge in [0.15, 0.2) is 17.2 Å². The molecule has 4 nitrogen and oxygen atoms in total. The molecule has 0 spiro atoms. The summed E-state index contributed by atoms with van der Waals surface area (Å²) in [5.41, 5.74) is 6.82. The van der Waals surface area contributed by atoms with Crippen LogP contribution in [0.25, 0.3) is 0 Å². The highest BCUT2D eigenvalue weighted by molar-refractivity contribution is 5.58. The Labute approximate surface area is 112 Å². The largest absolute Gasteiger partial charge is 0.490 e. The third kappa shape index (κ3) is 2.96. The third-order valence-electron chi connectivity index (χ3n) is 2.51. The fraction of sp³-hybridized carbons (Fsp3) is 0.133. The maximum absolute atomic E-state index is 8.89. The minimum absolute atomic E-state index is 0.450. The molecular formula is C15H14N2O2. The predicted octanol–water partition coefficient (Wildman–Crippen LogP) is 3.33. The van der Waals surface area contributed by atoms with Gasteiger partial charge in [-0.2, -0.15) is 5.26 Å². The van der Waals surface area contributed by atoms with Crippen molar-refractivity contribution in [3.63, 3.8) is 0 Å². The number of hydrogen-bond donors (Lipinski definition) is 1. The number of nitrogens with two attached hydrogens (primary N) is 1. The molecular weight excluding hydrogens is 240 g/mol. The van der Waals surface area contributed by atoms with Gasteiger partial charge in [-0.3, -0.25) is 0 Å². The van der Waals surface area contributed by atoms with Crippen LogP contribution in [-0.2, 0) is 0 Å². The number of para-hydroxylation sites is 2. The first-order valence-corrected chi connectivity index (χ1v) is 5.94. The zero-order valence-corrected chi connectivity index (χ0v) is 10.6. The van der Waals surface area contributed by atoms with E-state index in [0.29, 0.717) is 35.1 Å². The summed E-state index contributed by atoms with van der Waals surface area (Å²) in [4.78, 5) is 0. The van der Waals surface area contributed by atoms with Crippen LogP contribution in [0.3, 0.4) is 0 Å². The molecule has 2 N–H and O–H groups in total. The number of benzene rings is 2. The number of rotatable bonds is 4. The maximum atomic E-state index is 8.89. The molecule has 19 heavy (non-hydrogen) atoms. The Hall–Kier alpha value is -2.67. The van der Waals surface area contributed by atoms with E-state index in [0.717, 1.165) is 0 Å². The van der Waals surface area contributed by atoms with Crippen molar-refractivity contribution >= 4 is 5.69 Å². The van der Waals surface area contributed by atoms with Crippen molar-refractivity contribution in [3.05, 3.63) is 48.0 Å². The van der Waals surface area contributed by atoms with Crippen molar-refractivity contribution in [1.82, 2.24) is 0 Å². The second-order valence-corrected chi connectivity index (χ2v) is 3.85. The first-order chi connectivity index (χ1) is 9.24. The second-order valence-electron chi connectivity index (χ2n) is 3.85. The van der Waals surface area contributed by atoms with Gasteiger partial charge in [0.05, 0.1) is 23.9 Å². The summed E-state index contributed by atoms with van der Waals surface area (Å²) >= 11 is 0. The van der Waals surface area contributed by atoms with Crippen molar-refractivity contribution < 1.29 is 9.47 Å². The number of hydrogen-bond acceptors (Lipinski definition) is 4. The molecule has 0 unspecified atom stereocenters. The molecule has 2 aromatic carbocycles. The SMILES string of the molecule is CCOc1ccccc1Oc1cc(C#N)ccc1N. The lowest BCUT2D eigenvalue weighted by Crippen LogP contribution is -1.97. The highest BCUT2D eigenvalue weighted by atomic mass is 16.5.